The van der Waals surface area contributed by atoms with Crippen LogP contribution in [-0.2, 0) is 11.3 Å². The fraction of sp³-hybridized carbons (Fsp3) is 0.167. The van der Waals surface area contributed by atoms with Crippen LogP contribution in [-0.4, -0.2) is 17.1 Å². The number of nitriles is 2. The molecule has 0 bridgehead atoms. The van der Waals surface area contributed by atoms with E-state index in [1.807, 2.05) is 44.2 Å². The zero-order valence-electron chi connectivity index (χ0n) is 17.9. The van der Waals surface area contributed by atoms with Crippen molar-refractivity contribution in [2.24, 2.45) is 0 Å². The maximum Gasteiger partial charge on any atom is 0.229 e. The average molecular weight is 536 g/mol. The summed E-state index contributed by atoms with van der Waals surface area (Å²) in [6.45, 7) is 4.37. The van der Waals surface area contributed by atoms with Gasteiger partial charge in [0.1, 0.15) is 5.82 Å². The van der Waals surface area contributed by atoms with Crippen LogP contribution in [0.3, 0.4) is 0 Å². The van der Waals surface area contributed by atoms with Crippen LogP contribution in [0.4, 0.5) is 23.1 Å². The van der Waals surface area contributed by atoms with Gasteiger partial charge in [0.2, 0.25) is 5.95 Å². The fourth-order valence-electron chi connectivity index (χ4n) is 3.16. The van der Waals surface area contributed by atoms with Crippen LogP contribution in [0.15, 0.2) is 42.5 Å². The molecule has 0 saturated carbocycles. The Balaban J connectivity index is 1.97. The van der Waals surface area contributed by atoms with E-state index >= 15 is 0 Å². The summed E-state index contributed by atoms with van der Waals surface area (Å²) in [5.41, 5.74) is 6.10. The van der Waals surface area contributed by atoms with E-state index < -0.39 is 0 Å². The first-order valence-corrected chi connectivity index (χ1v) is 10.8. The van der Waals surface area contributed by atoms with Crippen molar-refractivity contribution in [1.29, 1.82) is 10.5 Å². The highest BCUT2D eigenvalue weighted by Gasteiger charge is 2.15. The molecule has 0 aliphatic rings. The first kappa shape index (κ1) is 23.2. The summed E-state index contributed by atoms with van der Waals surface area (Å²) >= 11 is 2.22. The lowest BCUT2D eigenvalue weighted by Gasteiger charge is -2.17. The number of anilines is 4. The third-order valence-corrected chi connectivity index (χ3v) is 5.75. The third kappa shape index (κ3) is 5.61. The molecule has 0 unspecified atom stereocenters. The molecule has 1 heterocycles. The van der Waals surface area contributed by atoms with Gasteiger partial charge in [0.15, 0.2) is 0 Å². The van der Waals surface area contributed by atoms with Crippen LogP contribution in [0, 0.1) is 40.1 Å². The molecule has 32 heavy (non-hydrogen) atoms. The van der Waals surface area contributed by atoms with Gasteiger partial charge >= 0.3 is 0 Å². The number of hydrogen-bond donors (Lipinski definition) is 2. The Morgan fingerprint density at radius 3 is 2.34 bits per heavy atom. The number of ether oxygens (including phenoxy) is 1. The Kier molecular flexibility index (Phi) is 7.77. The second-order valence-corrected chi connectivity index (χ2v) is 8.10. The van der Waals surface area contributed by atoms with Gasteiger partial charge in [0.25, 0.3) is 0 Å². The molecule has 160 valence electrons. The molecule has 0 atom stereocenters. The van der Waals surface area contributed by atoms with Crippen molar-refractivity contribution in [3.05, 3.63) is 74.0 Å². The zero-order valence-corrected chi connectivity index (χ0v) is 20.1. The number of halogens is 1. The first-order valence-electron chi connectivity index (χ1n) is 9.72. The van der Waals surface area contributed by atoms with Crippen molar-refractivity contribution in [2.45, 2.75) is 20.5 Å². The Bertz CT molecular complexity index is 1220. The second-order valence-electron chi connectivity index (χ2n) is 7.02. The van der Waals surface area contributed by atoms with Crippen molar-refractivity contribution in [3.63, 3.8) is 0 Å². The topological polar surface area (TPSA) is 107 Å². The molecule has 8 heteroatoms. The molecule has 0 spiro atoms. The number of benzene rings is 2. The van der Waals surface area contributed by atoms with E-state index in [0.717, 1.165) is 37.3 Å². The van der Waals surface area contributed by atoms with Gasteiger partial charge in [0.05, 0.1) is 33.6 Å². The van der Waals surface area contributed by atoms with E-state index in [-0.39, 0.29) is 0 Å². The van der Waals surface area contributed by atoms with Gasteiger partial charge in [-0.25, -0.2) is 4.98 Å². The van der Waals surface area contributed by atoms with E-state index in [4.69, 9.17) is 15.3 Å². The number of hydrogen-bond acceptors (Lipinski definition) is 7. The van der Waals surface area contributed by atoms with Gasteiger partial charge in [-0.3, -0.25) is 0 Å². The van der Waals surface area contributed by atoms with Crippen LogP contribution < -0.4 is 10.6 Å². The third-order valence-electron chi connectivity index (χ3n) is 4.62. The highest BCUT2D eigenvalue weighted by molar-refractivity contribution is 14.1. The summed E-state index contributed by atoms with van der Waals surface area (Å²) in [7, 11) is 1.63. The fourth-order valence-corrected chi connectivity index (χ4v) is 3.70. The molecular formula is C24H21IN6O. The average Bonchev–Trinajstić information content (AvgIpc) is 2.78. The van der Waals surface area contributed by atoms with Crippen LogP contribution >= 0.6 is 22.6 Å². The Morgan fingerprint density at radius 2 is 1.75 bits per heavy atom. The van der Waals surface area contributed by atoms with Gasteiger partial charge in [-0.15, -0.1) is 0 Å². The quantitative estimate of drug-likeness (QED) is 0.293. The minimum Gasteiger partial charge on any atom is -0.378 e. The Hall–Kier alpha value is -3.47. The summed E-state index contributed by atoms with van der Waals surface area (Å²) in [5.74, 6) is 1.09. The number of nitrogens with one attached hydrogen (secondary N) is 2. The van der Waals surface area contributed by atoms with E-state index in [1.165, 1.54) is 6.08 Å². The van der Waals surface area contributed by atoms with Crippen molar-refractivity contribution in [3.8, 4) is 12.1 Å². The summed E-state index contributed by atoms with van der Waals surface area (Å²) in [4.78, 5) is 9.28. The molecular weight excluding hydrogens is 515 g/mol. The molecule has 0 radical (unpaired) electrons. The SMILES string of the molecule is COCc1nc(Nc2ccc(C#N)cc2)nc(Nc2c(C)cc(/C=C/C#N)cc2C)c1I. The maximum absolute atomic E-state index is 8.99. The lowest BCUT2D eigenvalue weighted by Crippen LogP contribution is -2.09. The van der Waals surface area contributed by atoms with Crippen molar-refractivity contribution < 1.29 is 4.74 Å². The van der Waals surface area contributed by atoms with Gasteiger partial charge in [0, 0.05) is 24.6 Å². The standard InChI is InChI=1S/C24H21IN6O/c1-15-11-18(5-4-10-26)12-16(2)22(15)30-23-21(25)20(14-32-3)29-24(31-23)28-19-8-6-17(13-27)7-9-19/h4-9,11-12H,14H2,1-3H3,(H2,28,29,30,31)/b5-4+. The molecule has 0 saturated heterocycles. The minimum atomic E-state index is 0.341. The van der Waals surface area contributed by atoms with Crippen LogP contribution in [0.25, 0.3) is 6.08 Å². The Labute approximate surface area is 200 Å². The summed E-state index contributed by atoms with van der Waals surface area (Å²) in [6, 6.07) is 15.3. The van der Waals surface area contributed by atoms with Crippen molar-refractivity contribution in [1.82, 2.24) is 9.97 Å². The molecule has 0 fully saturated rings. The number of aryl methyl sites for hydroxylation is 2. The second kappa shape index (κ2) is 10.7. The predicted molar refractivity (Wildman–Crippen MR) is 134 cm³/mol. The molecule has 3 rings (SSSR count). The predicted octanol–water partition coefficient (Wildman–Crippen LogP) is 5.74. The van der Waals surface area contributed by atoms with Gasteiger partial charge in [-0.1, -0.05) is 0 Å². The number of methoxy groups -OCH3 is 1. The van der Waals surface area contributed by atoms with Crippen LogP contribution in [0.2, 0.25) is 0 Å². The van der Waals surface area contributed by atoms with Gasteiger partial charge in [-0.05, 0) is 95.6 Å². The summed E-state index contributed by atoms with van der Waals surface area (Å²) in [5, 5.41) is 24.4. The van der Waals surface area contributed by atoms with Crippen LogP contribution in [0.5, 0.6) is 0 Å². The lowest BCUT2D eigenvalue weighted by molar-refractivity contribution is 0.181. The number of aromatic nitrogens is 2. The zero-order chi connectivity index (χ0) is 23.1. The normalized spacial score (nSPS) is 10.6. The van der Waals surface area contributed by atoms with E-state index in [9.17, 15) is 0 Å². The van der Waals surface area contributed by atoms with E-state index in [1.54, 1.807) is 25.3 Å². The highest BCUT2D eigenvalue weighted by atomic mass is 127. The summed E-state index contributed by atoms with van der Waals surface area (Å²) < 4.78 is 6.19. The minimum absolute atomic E-state index is 0.341. The molecule has 7 nitrogen and oxygen atoms in total. The molecule has 0 aliphatic carbocycles. The summed E-state index contributed by atoms with van der Waals surface area (Å²) in [6.07, 6.45) is 3.25. The Morgan fingerprint density at radius 1 is 1.06 bits per heavy atom. The smallest absolute Gasteiger partial charge is 0.229 e. The molecule has 3 aromatic rings. The highest BCUT2D eigenvalue weighted by Crippen LogP contribution is 2.30. The molecule has 2 aromatic carbocycles. The number of nitrogens with zero attached hydrogens (tertiary/aromatic N) is 4. The molecule has 0 amide bonds. The first-order chi connectivity index (χ1) is 15.4. The van der Waals surface area contributed by atoms with Gasteiger partial charge in [-0.2, -0.15) is 15.5 Å². The lowest BCUT2D eigenvalue weighted by atomic mass is 10.0. The van der Waals surface area contributed by atoms with Gasteiger partial charge < -0.3 is 15.4 Å². The number of allylic oxidation sites excluding steroid dienone is 1. The van der Waals surface area contributed by atoms with Crippen LogP contribution in [0.1, 0.15) is 27.9 Å². The largest absolute Gasteiger partial charge is 0.378 e. The monoisotopic (exact) mass is 536 g/mol. The van der Waals surface area contributed by atoms with E-state index in [0.29, 0.717) is 23.9 Å². The number of rotatable bonds is 7. The van der Waals surface area contributed by atoms with Crippen molar-refractivity contribution >= 4 is 51.8 Å². The molecule has 2 N–H and O–H groups in total. The molecule has 0 aliphatic heterocycles. The maximum atomic E-state index is 8.99. The van der Waals surface area contributed by atoms with Crippen molar-refractivity contribution in [2.75, 3.05) is 17.7 Å². The van der Waals surface area contributed by atoms with E-state index in [2.05, 4.69) is 49.3 Å². The molecule has 1 aromatic heterocycles.